The Bertz CT molecular complexity index is 286. The van der Waals surface area contributed by atoms with Gasteiger partial charge in [-0.1, -0.05) is 30.3 Å². The van der Waals surface area contributed by atoms with Crippen LogP contribution in [-0.2, 0) is 11.2 Å². The molecule has 0 fully saturated rings. The SMILES string of the molecule is CNC(CCc1ccccc1)CCC(C)OC. The summed E-state index contributed by atoms with van der Waals surface area (Å²) in [6, 6.07) is 11.3. The predicted octanol–water partition coefficient (Wildman–Crippen LogP) is 3.02. The Morgan fingerprint density at radius 1 is 1.12 bits per heavy atom. The van der Waals surface area contributed by atoms with Crippen molar-refractivity contribution in [3.8, 4) is 0 Å². The predicted molar refractivity (Wildman–Crippen MR) is 73.3 cm³/mol. The van der Waals surface area contributed by atoms with Crippen LogP contribution in [0.4, 0.5) is 0 Å². The molecule has 0 saturated heterocycles. The monoisotopic (exact) mass is 235 g/mol. The normalized spacial score (nSPS) is 14.5. The largest absolute Gasteiger partial charge is 0.382 e. The lowest BCUT2D eigenvalue weighted by atomic mass is 10.0. The quantitative estimate of drug-likeness (QED) is 0.748. The van der Waals surface area contributed by atoms with Crippen LogP contribution in [0.5, 0.6) is 0 Å². The molecule has 0 heterocycles. The van der Waals surface area contributed by atoms with Crippen LogP contribution in [0.15, 0.2) is 30.3 Å². The molecule has 96 valence electrons. The first-order chi connectivity index (χ1) is 8.26. The molecule has 0 spiro atoms. The molecule has 0 aliphatic carbocycles. The molecule has 0 amide bonds. The first-order valence-electron chi connectivity index (χ1n) is 6.50. The standard InChI is InChI=1S/C15H25NO/c1-13(17-3)9-11-15(16-2)12-10-14-7-5-4-6-8-14/h4-8,13,15-16H,9-12H2,1-3H3. The second kappa shape index (κ2) is 8.26. The lowest BCUT2D eigenvalue weighted by molar-refractivity contribution is 0.106. The summed E-state index contributed by atoms with van der Waals surface area (Å²) in [7, 11) is 3.83. The summed E-state index contributed by atoms with van der Waals surface area (Å²) in [6.07, 6.45) is 5.00. The summed E-state index contributed by atoms with van der Waals surface area (Å²) in [6.45, 7) is 2.13. The van der Waals surface area contributed by atoms with Gasteiger partial charge in [0.05, 0.1) is 6.10 Å². The second-order valence-corrected chi connectivity index (χ2v) is 4.63. The first kappa shape index (κ1) is 14.2. The molecule has 0 aliphatic heterocycles. The zero-order chi connectivity index (χ0) is 12.5. The number of hydrogen-bond donors (Lipinski definition) is 1. The fourth-order valence-electron chi connectivity index (χ4n) is 1.97. The zero-order valence-electron chi connectivity index (χ0n) is 11.3. The summed E-state index contributed by atoms with van der Waals surface area (Å²) >= 11 is 0. The Morgan fingerprint density at radius 2 is 1.82 bits per heavy atom. The summed E-state index contributed by atoms with van der Waals surface area (Å²) in [5.41, 5.74) is 1.42. The molecule has 0 aliphatic rings. The average molecular weight is 235 g/mol. The molecule has 1 aromatic rings. The van der Waals surface area contributed by atoms with Gasteiger partial charge in [-0.05, 0) is 45.2 Å². The molecule has 1 rings (SSSR count). The van der Waals surface area contributed by atoms with Gasteiger partial charge in [0.2, 0.25) is 0 Å². The number of ether oxygens (including phenoxy) is 1. The van der Waals surface area contributed by atoms with Crippen molar-refractivity contribution in [3.05, 3.63) is 35.9 Å². The summed E-state index contributed by atoms with van der Waals surface area (Å²) < 4.78 is 5.28. The van der Waals surface area contributed by atoms with E-state index in [-0.39, 0.29) is 0 Å². The van der Waals surface area contributed by atoms with E-state index in [1.54, 1.807) is 7.11 Å². The smallest absolute Gasteiger partial charge is 0.0543 e. The highest BCUT2D eigenvalue weighted by molar-refractivity contribution is 5.14. The third-order valence-corrected chi connectivity index (χ3v) is 3.36. The number of benzene rings is 1. The maximum atomic E-state index is 5.28. The zero-order valence-corrected chi connectivity index (χ0v) is 11.3. The lowest BCUT2D eigenvalue weighted by Gasteiger charge is -2.18. The minimum Gasteiger partial charge on any atom is -0.382 e. The summed E-state index contributed by atoms with van der Waals surface area (Å²) in [5, 5.41) is 3.40. The third-order valence-electron chi connectivity index (χ3n) is 3.36. The van der Waals surface area contributed by atoms with Crippen LogP contribution in [0.1, 0.15) is 31.7 Å². The Kier molecular flexibility index (Phi) is 6.90. The van der Waals surface area contributed by atoms with Gasteiger partial charge in [0.25, 0.3) is 0 Å². The van der Waals surface area contributed by atoms with Crippen molar-refractivity contribution in [3.63, 3.8) is 0 Å². The summed E-state index contributed by atoms with van der Waals surface area (Å²) in [4.78, 5) is 0. The number of aryl methyl sites for hydroxylation is 1. The fourth-order valence-corrected chi connectivity index (χ4v) is 1.97. The highest BCUT2D eigenvalue weighted by Crippen LogP contribution is 2.10. The molecule has 2 heteroatoms. The van der Waals surface area contributed by atoms with Crippen molar-refractivity contribution in [1.82, 2.24) is 5.32 Å². The highest BCUT2D eigenvalue weighted by atomic mass is 16.5. The molecular weight excluding hydrogens is 210 g/mol. The van der Waals surface area contributed by atoms with Crippen LogP contribution in [0.25, 0.3) is 0 Å². The van der Waals surface area contributed by atoms with E-state index in [1.165, 1.54) is 18.4 Å². The average Bonchev–Trinajstić information content (AvgIpc) is 2.39. The van der Waals surface area contributed by atoms with E-state index in [4.69, 9.17) is 4.74 Å². The van der Waals surface area contributed by atoms with E-state index in [0.29, 0.717) is 12.1 Å². The number of hydrogen-bond acceptors (Lipinski definition) is 2. The van der Waals surface area contributed by atoms with Gasteiger partial charge in [0, 0.05) is 13.2 Å². The Hall–Kier alpha value is -0.860. The van der Waals surface area contributed by atoms with E-state index in [9.17, 15) is 0 Å². The highest BCUT2D eigenvalue weighted by Gasteiger charge is 2.08. The van der Waals surface area contributed by atoms with Crippen molar-refractivity contribution in [2.75, 3.05) is 14.2 Å². The fraction of sp³-hybridized carbons (Fsp3) is 0.600. The van der Waals surface area contributed by atoms with Crippen molar-refractivity contribution >= 4 is 0 Å². The molecule has 0 aromatic heterocycles. The van der Waals surface area contributed by atoms with Crippen LogP contribution in [-0.4, -0.2) is 26.3 Å². The topological polar surface area (TPSA) is 21.3 Å². The van der Waals surface area contributed by atoms with E-state index in [2.05, 4.69) is 42.6 Å². The lowest BCUT2D eigenvalue weighted by Crippen LogP contribution is -2.27. The van der Waals surface area contributed by atoms with Crippen molar-refractivity contribution in [2.24, 2.45) is 0 Å². The number of nitrogens with one attached hydrogen (secondary N) is 1. The van der Waals surface area contributed by atoms with Crippen molar-refractivity contribution in [1.29, 1.82) is 0 Å². The molecule has 2 nitrogen and oxygen atoms in total. The minimum absolute atomic E-state index is 0.363. The van der Waals surface area contributed by atoms with Gasteiger partial charge in [-0.2, -0.15) is 0 Å². The van der Waals surface area contributed by atoms with Crippen LogP contribution in [0.3, 0.4) is 0 Å². The van der Waals surface area contributed by atoms with E-state index in [0.717, 1.165) is 12.8 Å². The van der Waals surface area contributed by atoms with Gasteiger partial charge in [-0.3, -0.25) is 0 Å². The molecule has 1 aromatic carbocycles. The van der Waals surface area contributed by atoms with Gasteiger partial charge in [-0.25, -0.2) is 0 Å². The molecular formula is C15H25NO. The van der Waals surface area contributed by atoms with Gasteiger partial charge < -0.3 is 10.1 Å². The molecule has 17 heavy (non-hydrogen) atoms. The Morgan fingerprint density at radius 3 is 2.41 bits per heavy atom. The van der Waals surface area contributed by atoms with Gasteiger partial charge in [0.15, 0.2) is 0 Å². The van der Waals surface area contributed by atoms with E-state index >= 15 is 0 Å². The Balaban J connectivity index is 2.27. The van der Waals surface area contributed by atoms with E-state index in [1.807, 2.05) is 7.05 Å². The number of methoxy groups -OCH3 is 1. The van der Waals surface area contributed by atoms with Crippen molar-refractivity contribution < 1.29 is 4.74 Å². The maximum Gasteiger partial charge on any atom is 0.0543 e. The second-order valence-electron chi connectivity index (χ2n) is 4.63. The van der Waals surface area contributed by atoms with Gasteiger partial charge in [-0.15, -0.1) is 0 Å². The van der Waals surface area contributed by atoms with Crippen molar-refractivity contribution in [2.45, 2.75) is 44.8 Å². The van der Waals surface area contributed by atoms with Crippen LogP contribution in [0, 0.1) is 0 Å². The third kappa shape index (κ3) is 5.85. The molecule has 2 unspecified atom stereocenters. The first-order valence-corrected chi connectivity index (χ1v) is 6.50. The van der Waals surface area contributed by atoms with Crippen LogP contribution >= 0.6 is 0 Å². The molecule has 0 bridgehead atoms. The van der Waals surface area contributed by atoms with Crippen LogP contribution < -0.4 is 5.32 Å². The van der Waals surface area contributed by atoms with Crippen LogP contribution in [0.2, 0.25) is 0 Å². The molecule has 2 atom stereocenters. The van der Waals surface area contributed by atoms with Gasteiger partial charge in [0.1, 0.15) is 0 Å². The molecule has 1 N–H and O–H groups in total. The van der Waals surface area contributed by atoms with E-state index < -0.39 is 0 Å². The summed E-state index contributed by atoms with van der Waals surface area (Å²) in [5.74, 6) is 0. The number of rotatable bonds is 8. The molecule has 0 saturated carbocycles. The molecule has 0 radical (unpaired) electrons. The Labute approximate surface area is 105 Å². The minimum atomic E-state index is 0.363. The maximum absolute atomic E-state index is 5.28. The van der Waals surface area contributed by atoms with Gasteiger partial charge >= 0.3 is 0 Å².